The zero-order valence-electron chi connectivity index (χ0n) is 18.9. The molecule has 3 aliphatic heterocycles. The summed E-state index contributed by atoms with van der Waals surface area (Å²) in [6.07, 6.45) is 4.40. The van der Waals surface area contributed by atoms with E-state index in [1.807, 2.05) is 32.6 Å². The fourth-order valence-electron chi connectivity index (χ4n) is 4.81. The summed E-state index contributed by atoms with van der Waals surface area (Å²) in [6, 6.07) is 5.47. The van der Waals surface area contributed by atoms with Gasteiger partial charge in [-0.3, -0.25) is 9.69 Å². The largest absolute Gasteiger partial charge is 0.494 e. The molecule has 3 heterocycles. The Bertz CT molecular complexity index is 800. The van der Waals surface area contributed by atoms with Gasteiger partial charge in [0.2, 0.25) is 0 Å². The van der Waals surface area contributed by atoms with E-state index in [1.54, 1.807) is 12.1 Å². The van der Waals surface area contributed by atoms with Crippen LogP contribution < -0.4 is 5.46 Å². The van der Waals surface area contributed by atoms with Crippen molar-refractivity contribution in [2.45, 2.75) is 83.6 Å². The first-order valence-corrected chi connectivity index (χ1v) is 11.3. The summed E-state index contributed by atoms with van der Waals surface area (Å²) in [5, 5.41) is 0. The van der Waals surface area contributed by atoms with E-state index in [9.17, 15) is 4.79 Å². The molecule has 4 rings (SSSR count). The van der Waals surface area contributed by atoms with Gasteiger partial charge in [-0.2, -0.15) is 0 Å². The number of nitrogens with zero attached hydrogens (tertiary/aromatic N) is 2. The maximum Gasteiger partial charge on any atom is 0.494 e. The van der Waals surface area contributed by atoms with E-state index in [1.165, 1.54) is 18.9 Å². The van der Waals surface area contributed by atoms with Gasteiger partial charge < -0.3 is 14.2 Å². The zero-order valence-corrected chi connectivity index (χ0v) is 18.9. The number of likely N-dealkylation sites (tertiary alicyclic amines) is 2. The minimum absolute atomic E-state index is 0.136. The lowest BCUT2D eigenvalue weighted by Gasteiger charge is -2.32. The van der Waals surface area contributed by atoms with Gasteiger partial charge in [0, 0.05) is 25.2 Å². The normalized spacial score (nSPS) is 28.5. The van der Waals surface area contributed by atoms with Crippen molar-refractivity contribution in [3.8, 4) is 0 Å². The van der Waals surface area contributed by atoms with Crippen molar-refractivity contribution < 1.29 is 18.5 Å². The molecule has 0 radical (unpaired) electrons. The molecule has 164 valence electrons. The van der Waals surface area contributed by atoms with Gasteiger partial charge in [0.25, 0.3) is 5.91 Å². The molecule has 7 heteroatoms. The molecule has 0 N–H and O–H groups in total. The molecule has 3 fully saturated rings. The van der Waals surface area contributed by atoms with Gasteiger partial charge in [0.15, 0.2) is 0 Å². The van der Waals surface area contributed by atoms with Crippen molar-refractivity contribution in [3.63, 3.8) is 0 Å². The molecule has 1 unspecified atom stereocenters. The van der Waals surface area contributed by atoms with E-state index in [4.69, 9.17) is 9.31 Å². The molecule has 1 aromatic rings. The van der Waals surface area contributed by atoms with E-state index in [2.05, 4.69) is 11.8 Å². The topological polar surface area (TPSA) is 42.0 Å². The number of carbonyl (C=O) groups is 1. The SMILES string of the molecule is C[C@H]1CCCN1CC1CCCN1C(=O)c1ccc(B2OC(C)(C)C(C)(C)O2)cc1F. The standard InChI is InChI=1S/C23H34BFN2O3/c1-16-8-6-12-26(16)15-18-9-7-13-27(18)21(28)19-11-10-17(14-20(19)25)24-29-22(2,3)23(4,5)30-24/h10-11,14,16,18H,6-9,12-13,15H2,1-5H3/t16-,18?/m0/s1. The second kappa shape index (κ2) is 7.92. The Labute approximate surface area is 180 Å². The number of rotatable bonds is 4. The van der Waals surface area contributed by atoms with E-state index >= 15 is 4.39 Å². The van der Waals surface area contributed by atoms with Crippen LogP contribution in [0.3, 0.4) is 0 Å². The summed E-state index contributed by atoms with van der Waals surface area (Å²) in [5.74, 6) is -0.713. The van der Waals surface area contributed by atoms with Crippen molar-refractivity contribution in [2.75, 3.05) is 19.6 Å². The van der Waals surface area contributed by atoms with Crippen LogP contribution in [0.25, 0.3) is 0 Å². The van der Waals surface area contributed by atoms with Gasteiger partial charge in [0.05, 0.1) is 16.8 Å². The van der Waals surface area contributed by atoms with Gasteiger partial charge in [-0.05, 0) is 84.4 Å². The van der Waals surface area contributed by atoms with E-state index in [-0.39, 0.29) is 17.5 Å². The van der Waals surface area contributed by atoms with Crippen LogP contribution in [-0.4, -0.2) is 65.7 Å². The van der Waals surface area contributed by atoms with Crippen LogP contribution in [0.1, 0.15) is 70.7 Å². The number of benzene rings is 1. The highest BCUT2D eigenvalue weighted by atomic mass is 19.1. The molecule has 3 saturated heterocycles. The Morgan fingerprint density at radius 1 is 1.13 bits per heavy atom. The molecule has 0 spiro atoms. The molecule has 0 saturated carbocycles. The Hall–Kier alpha value is -1.44. The third-order valence-electron chi connectivity index (χ3n) is 7.52. The number of halogens is 1. The maximum atomic E-state index is 15.0. The van der Waals surface area contributed by atoms with Crippen molar-refractivity contribution in [1.82, 2.24) is 9.80 Å². The molecule has 0 bridgehead atoms. The van der Waals surface area contributed by atoms with Gasteiger partial charge in [-0.15, -0.1) is 0 Å². The van der Waals surface area contributed by atoms with Crippen LogP contribution in [-0.2, 0) is 9.31 Å². The van der Waals surface area contributed by atoms with Crippen LogP contribution in [0, 0.1) is 5.82 Å². The average Bonchev–Trinajstić information content (AvgIpc) is 3.34. The number of hydrogen-bond donors (Lipinski definition) is 0. The van der Waals surface area contributed by atoms with Gasteiger partial charge in [0.1, 0.15) is 5.82 Å². The summed E-state index contributed by atoms with van der Waals surface area (Å²) in [4.78, 5) is 17.5. The number of carbonyl (C=O) groups excluding carboxylic acids is 1. The minimum atomic E-state index is -0.634. The summed E-state index contributed by atoms with van der Waals surface area (Å²) in [6.45, 7) is 12.8. The Kier molecular flexibility index (Phi) is 5.75. The smallest absolute Gasteiger partial charge is 0.399 e. The molecule has 1 aromatic carbocycles. The summed E-state index contributed by atoms with van der Waals surface area (Å²) in [7, 11) is -0.634. The predicted octanol–water partition coefficient (Wildman–Crippen LogP) is 3.21. The quantitative estimate of drug-likeness (QED) is 0.707. The molecule has 30 heavy (non-hydrogen) atoms. The summed E-state index contributed by atoms with van der Waals surface area (Å²) < 4.78 is 27.1. The highest BCUT2D eigenvalue weighted by Crippen LogP contribution is 2.36. The molecule has 1 amide bonds. The van der Waals surface area contributed by atoms with Crippen molar-refractivity contribution >= 4 is 18.5 Å². The lowest BCUT2D eigenvalue weighted by molar-refractivity contribution is 0.00578. The Balaban J connectivity index is 1.48. The first-order chi connectivity index (χ1) is 14.1. The third-order valence-corrected chi connectivity index (χ3v) is 7.52. The first-order valence-electron chi connectivity index (χ1n) is 11.3. The Morgan fingerprint density at radius 3 is 2.40 bits per heavy atom. The van der Waals surface area contributed by atoms with Crippen molar-refractivity contribution in [3.05, 3.63) is 29.6 Å². The molecule has 5 nitrogen and oxygen atoms in total. The molecule has 0 aromatic heterocycles. The average molecular weight is 416 g/mol. The first kappa shape index (κ1) is 21.8. The van der Waals surface area contributed by atoms with E-state index in [0.29, 0.717) is 18.0 Å². The summed E-state index contributed by atoms with van der Waals surface area (Å²) in [5.41, 5.74) is -0.237. The second-order valence-electron chi connectivity index (χ2n) is 10.1. The third kappa shape index (κ3) is 3.92. The van der Waals surface area contributed by atoms with Crippen LogP contribution in [0.15, 0.2) is 18.2 Å². The molecule has 0 aliphatic carbocycles. The number of hydrogen-bond acceptors (Lipinski definition) is 4. The van der Waals surface area contributed by atoms with Crippen LogP contribution in [0.4, 0.5) is 4.39 Å². The maximum absolute atomic E-state index is 15.0. The van der Waals surface area contributed by atoms with Crippen LogP contribution in [0.2, 0.25) is 0 Å². The lowest BCUT2D eigenvalue weighted by atomic mass is 9.78. The van der Waals surface area contributed by atoms with E-state index < -0.39 is 24.1 Å². The number of amides is 1. The van der Waals surface area contributed by atoms with Crippen LogP contribution in [0.5, 0.6) is 0 Å². The second-order valence-corrected chi connectivity index (χ2v) is 10.1. The Morgan fingerprint density at radius 2 is 1.80 bits per heavy atom. The molecular weight excluding hydrogens is 382 g/mol. The van der Waals surface area contributed by atoms with E-state index in [0.717, 1.165) is 25.9 Å². The van der Waals surface area contributed by atoms with Gasteiger partial charge in [-0.1, -0.05) is 6.07 Å². The van der Waals surface area contributed by atoms with Crippen LogP contribution >= 0.6 is 0 Å². The minimum Gasteiger partial charge on any atom is -0.399 e. The van der Waals surface area contributed by atoms with Gasteiger partial charge in [-0.25, -0.2) is 4.39 Å². The zero-order chi connectivity index (χ0) is 21.7. The highest BCUT2D eigenvalue weighted by Gasteiger charge is 2.51. The summed E-state index contributed by atoms with van der Waals surface area (Å²) >= 11 is 0. The molecular formula is C23H34BFN2O3. The molecule has 3 aliphatic rings. The fourth-order valence-corrected chi connectivity index (χ4v) is 4.81. The highest BCUT2D eigenvalue weighted by molar-refractivity contribution is 6.62. The van der Waals surface area contributed by atoms with Crippen molar-refractivity contribution in [1.29, 1.82) is 0 Å². The monoisotopic (exact) mass is 416 g/mol. The van der Waals surface area contributed by atoms with Gasteiger partial charge >= 0.3 is 7.12 Å². The van der Waals surface area contributed by atoms with Crippen molar-refractivity contribution in [2.24, 2.45) is 0 Å². The molecule has 2 atom stereocenters. The predicted molar refractivity (Wildman–Crippen MR) is 116 cm³/mol. The lowest BCUT2D eigenvalue weighted by Crippen LogP contribution is -2.44. The fraction of sp³-hybridized carbons (Fsp3) is 0.696.